The highest BCUT2D eigenvalue weighted by Gasteiger charge is 2.40. The summed E-state index contributed by atoms with van der Waals surface area (Å²) in [5.74, 6) is 1.27. The van der Waals surface area contributed by atoms with Crippen molar-refractivity contribution in [2.24, 2.45) is 5.41 Å². The van der Waals surface area contributed by atoms with E-state index < -0.39 is 0 Å². The number of hydrogen-bond donors (Lipinski definition) is 2. The molecular weight excluding hydrogens is 316 g/mol. The summed E-state index contributed by atoms with van der Waals surface area (Å²) in [6.45, 7) is 5.87. The molecule has 1 aromatic carbocycles. The van der Waals surface area contributed by atoms with Crippen LogP contribution in [0.3, 0.4) is 0 Å². The lowest BCUT2D eigenvalue weighted by atomic mass is 9.99. The predicted octanol–water partition coefficient (Wildman–Crippen LogP) is 3.98. The maximum absolute atomic E-state index is 12.7. The Morgan fingerprint density at radius 3 is 2.72 bits per heavy atom. The van der Waals surface area contributed by atoms with Gasteiger partial charge in [-0.3, -0.25) is 4.79 Å². The molecule has 1 atom stereocenters. The molecule has 5 heteroatoms. The molecular formula is C20H30N2O3. The number of benzene rings is 1. The molecule has 1 fully saturated rings. The van der Waals surface area contributed by atoms with Gasteiger partial charge < -0.3 is 20.1 Å². The molecule has 3 rings (SSSR count). The van der Waals surface area contributed by atoms with Crippen molar-refractivity contribution < 1.29 is 14.3 Å². The lowest BCUT2D eigenvalue weighted by molar-refractivity contribution is 0.0937. The van der Waals surface area contributed by atoms with E-state index in [-0.39, 0.29) is 11.9 Å². The average Bonchev–Trinajstić information content (AvgIpc) is 3.34. The summed E-state index contributed by atoms with van der Waals surface area (Å²) in [5, 5.41) is 6.59. The fraction of sp³-hybridized carbons (Fsp3) is 0.650. The number of ether oxygens (including phenoxy) is 2. The highest BCUT2D eigenvalue weighted by molar-refractivity contribution is 6.01. The minimum Gasteiger partial charge on any atom is -0.493 e. The Bertz CT molecular complexity index is 626. The standard InChI is InChI=1S/C20H30N2O3/c1-4-5-6-9-25-18-11-16-15(10-17(18)24-3)19(23)22-14(13-21-16)12-20(2)7-8-20/h10-11,14,21H,4-9,12-13H2,1-3H3,(H,22,23). The Morgan fingerprint density at radius 2 is 2.04 bits per heavy atom. The van der Waals surface area contributed by atoms with Crippen molar-refractivity contribution >= 4 is 11.6 Å². The Balaban J connectivity index is 1.73. The van der Waals surface area contributed by atoms with Crippen molar-refractivity contribution in [2.45, 2.75) is 58.4 Å². The zero-order valence-corrected chi connectivity index (χ0v) is 15.6. The molecule has 2 N–H and O–H groups in total. The van der Waals surface area contributed by atoms with Crippen molar-refractivity contribution in [3.05, 3.63) is 17.7 Å². The van der Waals surface area contributed by atoms with E-state index in [9.17, 15) is 4.79 Å². The number of nitrogens with one attached hydrogen (secondary N) is 2. The van der Waals surface area contributed by atoms with Crippen LogP contribution in [0.2, 0.25) is 0 Å². The first-order valence-electron chi connectivity index (χ1n) is 9.44. The van der Waals surface area contributed by atoms with Gasteiger partial charge in [0.1, 0.15) is 0 Å². The number of carbonyl (C=O) groups is 1. The van der Waals surface area contributed by atoms with E-state index >= 15 is 0 Å². The molecule has 25 heavy (non-hydrogen) atoms. The smallest absolute Gasteiger partial charge is 0.253 e. The molecule has 1 saturated carbocycles. The monoisotopic (exact) mass is 346 g/mol. The SMILES string of the molecule is CCCCCOc1cc2c(cc1OC)C(=O)NC(CC1(C)CC1)CN2. The highest BCUT2D eigenvalue weighted by atomic mass is 16.5. The van der Waals surface area contributed by atoms with Crippen LogP contribution in [0, 0.1) is 5.41 Å². The Labute approximate surface area is 150 Å². The van der Waals surface area contributed by atoms with Gasteiger partial charge >= 0.3 is 0 Å². The van der Waals surface area contributed by atoms with Crippen molar-refractivity contribution in [1.82, 2.24) is 5.32 Å². The van der Waals surface area contributed by atoms with Gasteiger partial charge in [0.05, 0.1) is 25.0 Å². The van der Waals surface area contributed by atoms with Gasteiger partial charge in [-0.15, -0.1) is 0 Å². The van der Waals surface area contributed by atoms with Gasteiger partial charge in [0.2, 0.25) is 0 Å². The van der Waals surface area contributed by atoms with Gasteiger partial charge in [-0.1, -0.05) is 26.7 Å². The second-order valence-electron chi connectivity index (χ2n) is 7.67. The third kappa shape index (κ3) is 4.39. The minimum atomic E-state index is -0.0370. The number of anilines is 1. The van der Waals surface area contributed by atoms with E-state index in [1.165, 1.54) is 12.8 Å². The summed E-state index contributed by atoms with van der Waals surface area (Å²) in [7, 11) is 1.61. The largest absolute Gasteiger partial charge is 0.493 e. The topological polar surface area (TPSA) is 59.6 Å². The quantitative estimate of drug-likeness (QED) is 0.699. The summed E-state index contributed by atoms with van der Waals surface area (Å²) >= 11 is 0. The van der Waals surface area contributed by atoms with Crippen LogP contribution >= 0.6 is 0 Å². The molecule has 0 spiro atoms. The number of fused-ring (bicyclic) bond motifs is 1. The van der Waals surface area contributed by atoms with E-state index in [1.807, 2.05) is 6.07 Å². The first-order chi connectivity index (χ1) is 12.0. The maximum Gasteiger partial charge on any atom is 0.253 e. The van der Waals surface area contributed by atoms with E-state index in [4.69, 9.17) is 9.47 Å². The number of rotatable bonds is 8. The summed E-state index contributed by atoms with van der Waals surface area (Å²) in [4.78, 5) is 12.7. The lowest BCUT2D eigenvalue weighted by Gasteiger charge is -2.19. The first kappa shape index (κ1) is 17.9. The molecule has 1 amide bonds. The van der Waals surface area contributed by atoms with Gasteiger partial charge in [0.25, 0.3) is 5.91 Å². The fourth-order valence-electron chi connectivity index (χ4n) is 3.38. The molecule has 1 aliphatic heterocycles. The van der Waals surface area contributed by atoms with Crippen LogP contribution in [-0.2, 0) is 0 Å². The summed E-state index contributed by atoms with van der Waals surface area (Å²) in [6, 6.07) is 3.85. The van der Waals surface area contributed by atoms with Crippen LogP contribution < -0.4 is 20.1 Å². The summed E-state index contributed by atoms with van der Waals surface area (Å²) in [6.07, 6.45) is 6.87. The normalized spacial score (nSPS) is 20.8. The molecule has 0 bridgehead atoms. The molecule has 1 aliphatic carbocycles. The van der Waals surface area contributed by atoms with Crippen LogP contribution in [0.15, 0.2) is 12.1 Å². The van der Waals surface area contributed by atoms with Gasteiger partial charge in [-0.2, -0.15) is 0 Å². The summed E-state index contributed by atoms with van der Waals surface area (Å²) < 4.78 is 11.3. The zero-order valence-electron chi connectivity index (χ0n) is 15.6. The van der Waals surface area contributed by atoms with Crippen molar-refractivity contribution in [1.29, 1.82) is 0 Å². The molecule has 0 saturated heterocycles. The van der Waals surface area contributed by atoms with Crippen molar-refractivity contribution in [3.8, 4) is 11.5 Å². The Hall–Kier alpha value is -1.91. The van der Waals surface area contributed by atoms with Crippen LogP contribution in [0.1, 0.15) is 62.7 Å². The highest BCUT2D eigenvalue weighted by Crippen LogP contribution is 2.49. The lowest BCUT2D eigenvalue weighted by Crippen LogP contribution is -2.38. The Morgan fingerprint density at radius 1 is 1.24 bits per heavy atom. The number of unbranched alkanes of at least 4 members (excludes halogenated alkanes) is 2. The molecule has 1 aromatic rings. The molecule has 1 heterocycles. The van der Waals surface area contributed by atoms with Gasteiger partial charge in [-0.25, -0.2) is 0 Å². The number of hydrogen-bond acceptors (Lipinski definition) is 4. The van der Waals surface area contributed by atoms with Crippen molar-refractivity contribution in [3.63, 3.8) is 0 Å². The summed E-state index contributed by atoms with van der Waals surface area (Å²) in [5.41, 5.74) is 1.86. The third-order valence-electron chi connectivity index (χ3n) is 5.27. The van der Waals surface area contributed by atoms with E-state index in [1.54, 1.807) is 13.2 Å². The van der Waals surface area contributed by atoms with Crippen LogP contribution in [-0.4, -0.2) is 32.2 Å². The molecule has 1 unspecified atom stereocenters. The molecule has 2 aliphatic rings. The number of amides is 1. The van der Waals surface area contributed by atoms with E-state index in [0.29, 0.717) is 29.1 Å². The molecule has 0 aromatic heterocycles. The number of methoxy groups -OCH3 is 1. The minimum absolute atomic E-state index is 0.0370. The second-order valence-corrected chi connectivity index (χ2v) is 7.67. The number of carbonyl (C=O) groups excluding carboxylic acids is 1. The van der Waals surface area contributed by atoms with Crippen LogP contribution in [0.4, 0.5) is 5.69 Å². The zero-order chi connectivity index (χ0) is 17.9. The van der Waals surface area contributed by atoms with Crippen LogP contribution in [0.5, 0.6) is 11.5 Å². The van der Waals surface area contributed by atoms with Gasteiger partial charge in [-0.05, 0) is 37.2 Å². The first-order valence-corrected chi connectivity index (χ1v) is 9.44. The third-order valence-corrected chi connectivity index (χ3v) is 5.27. The van der Waals surface area contributed by atoms with E-state index in [0.717, 1.165) is 37.9 Å². The maximum atomic E-state index is 12.7. The molecule has 0 radical (unpaired) electrons. The predicted molar refractivity (Wildman–Crippen MR) is 99.7 cm³/mol. The van der Waals surface area contributed by atoms with Gasteiger partial charge in [0, 0.05) is 18.7 Å². The van der Waals surface area contributed by atoms with Crippen molar-refractivity contribution in [2.75, 3.05) is 25.6 Å². The molecule has 138 valence electrons. The van der Waals surface area contributed by atoms with E-state index in [2.05, 4.69) is 24.5 Å². The second kappa shape index (κ2) is 7.54. The molecule has 5 nitrogen and oxygen atoms in total. The Kier molecular flexibility index (Phi) is 5.40. The fourth-order valence-corrected chi connectivity index (χ4v) is 3.38. The van der Waals surface area contributed by atoms with Gasteiger partial charge in [0.15, 0.2) is 11.5 Å². The average molecular weight is 346 g/mol. The van der Waals surface area contributed by atoms with Crippen LogP contribution in [0.25, 0.3) is 0 Å².